The molecule has 0 aliphatic heterocycles. The van der Waals surface area contributed by atoms with E-state index in [1.54, 1.807) is 0 Å². The predicted octanol–water partition coefficient (Wildman–Crippen LogP) is 4.96. The van der Waals surface area contributed by atoms with Crippen LogP contribution in [-0.2, 0) is 0 Å². The van der Waals surface area contributed by atoms with Crippen molar-refractivity contribution >= 4 is 26.7 Å². The molecule has 0 aliphatic carbocycles. The topological polar surface area (TPSA) is 26.0 Å². The van der Waals surface area contributed by atoms with E-state index in [2.05, 4.69) is 83.5 Å². The molecule has 3 rings (SSSR count). The van der Waals surface area contributed by atoms with Crippen LogP contribution in [0.1, 0.15) is 22.7 Å². The zero-order valence-corrected chi connectivity index (χ0v) is 12.9. The minimum absolute atomic E-state index is 0.129. The van der Waals surface area contributed by atoms with Crippen molar-refractivity contribution in [2.45, 2.75) is 13.0 Å². The second-order valence-electron chi connectivity index (χ2n) is 5.07. The second kappa shape index (κ2) is 5.39. The summed E-state index contributed by atoms with van der Waals surface area (Å²) in [4.78, 5) is 0. The van der Waals surface area contributed by atoms with Gasteiger partial charge >= 0.3 is 0 Å². The zero-order chi connectivity index (χ0) is 14.1. The fourth-order valence-corrected chi connectivity index (χ4v) is 3.31. The van der Waals surface area contributed by atoms with Crippen molar-refractivity contribution in [1.29, 1.82) is 0 Å². The first-order valence-corrected chi connectivity index (χ1v) is 7.45. The van der Waals surface area contributed by atoms with Crippen LogP contribution in [0.2, 0.25) is 0 Å². The Morgan fingerprint density at radius 1 is 0.900 bits per heavy atom. The molecule has 3 aromatic rings. The van der Waals surface area contributed by atoms with Crippen LogP contribution in [0.4, 0.5) is 0 Å². The van der Waals surface area contributed by atoms with Gasteiger partial charge in [-0.15, -0.1) is 0 Å². The van der Waals surface area contributed by atoms with E-state index >= 15 is 0 Å². The van der Waals surface area contributed by atoms with Crippen LogP contribution in [0, 0.1) is 6.92 Å². The van der Waals surface area contributed by atoms with Gasteiger partial charge in [0.15, 0.2) is 0 Å². The third-order valence-corrected chi connectivity index (χ3v) is 4.34. The zero-order valence-electron chi connectivity index (χ0n) is 11.3. The molecule has 0 saturated heterocycles. The average Bonchev–Trinajstić information content (AvgIpc) is 2.46. The van der Waals surface area contributed by atoms with Gasteiger partial charge in [0.1, 0.15) is 0 Å². The van der Waals surface area contributed by atoms with Crippen molar-refractivity contribution < 1.29 is 0 Å². The standard InChI is InChI=1S/C18H16BrN/c1-12-9-10-16(17(19)11-12)18(20)15-8-4-6-13-5-2-3-7-14(13)15/h2-11,18H,20H2,1H3. The van der Waals surface area contributed by atoms with Crippen molar-refractivity contribution in [3.8, 4) is 0 Å². The number of benzene rings is 3. The SMILES string of the molecule is Cc1ccc(C(N)c2cccc3ccccc23)c(Br)c1. The first-order valence-electron chi connectivity index (χ1n) is 6.66. The number of aryl methyl sites for hydroxylation is 1. The molecule has 0 aromatic heterocycles. The number of nitrogens with two attached hydrogens (primary N) is 1. The molecule has 1 unspecified atom stereocenters. The summed E-state index contributed by atoms with van der Waals surface area (Å²) in [6.45, 7) is 2.08. The van der Waals surface area contributed by atoms with Crippen molar-refractivity contribution in [3.63, 3.8) is 0 Å². The van der Waals surface area contributed by atoms with Gasteiger partial charge in [0.2, 0.25) is 0 Å². The van der Waals surface area contributed by atoms with Gasteiger partial charge in [-0.3, -0.25) is 0 Å². The summed E-state index contributed by atoms with van der Waals surface area (Å²) in [5, 5.41) is 2.44. The number of rotatable bonds is 2. The van der Waals surface area contributed by atoms with Gasteiger partial charge in [-0.1, -0.05) is 70.5 Å². The molecule has 0 saturated carbocycles. The Morgan fingerprint density at radius 2 is 1.65 bits per heavy atom. The molecule has 0 heterocycles. The quantitative estimate of drug-likeness (QED) is 0.708. The van der Waals surface area contributed by atoms with E-state index in [0.717, 1.165) is 15.6 Å². The maximum atomic E-state index is 6.50. The molecule has 0 radical (unpaired) electrons. The van der Waals surface area contributed by atoms with Crippen molar-refractivity contribution in [2.75, 3.05) is 0 Å². The van der Waals surface area contributed by atoms with Crippen LogP contribution >= 0.6 is 15.9 Å². The normalized spacial score (nSPS) is 12.6. The van der Waals surface area contributed by atoms with E-state index in [1.807, 2.05) is 0 Å². The van der Waals surface area contributed by atoms with Gasteiger partial charge < -0.3 is 5.73 Å². The molecule has 0 spiro atoms. The highest BCUT2D eigenvalue weighted by Crippen LogP contribution is 2.31. The average molecular weight is 326 g/mol. The smallest absolute Gasteiger partial charge is 0.0568 e. The molecule has 0 bridgehead atoms. The van der Waals surface area contributed by atoms with Crippen molar-refractivity contribution in [2.24, 2.45) is 5.73 Å². The Balaban J connectivity index is 2.15. The number of fused-ring (bicyclic) bond motifs is 1. The van der Waals surface area contributed by atoms with Gasteiger partial charge in [0.05, 0.1) is 6.04 Å². The van der Waals surface area contributed by atoms with Gasteiger partial charge in [-0.05, 0) is 40.5 Å². The summed E-state index contributed by atoms with van der Waals surface area (Å²) >= 11 is 3.63. The number of hydrogen-bond donors (Lipinski definition) is 1. The van der Waals surface area contributed by atoms with E-state index < -0.39 is 0 Å². The first-order chi connectivity index (χ1) is 9.66. The van der Waals surface area contributed by atoms with E-state index in [1.165, 1.54) is 16.3 Å². The van der Waals surface area contributed by atoms with Crippen molar-refractivity contribution in [3.05, 3.63) is 81.8 Å². The predicted molar refractivity (Wildman–Crippen MR) is 88.9 cm³/mol. The van der Waals surface area contributed by atoms with Gasteiger partial charge in [0, 0.05) is 4.47 Å². The van der Waals surface area contributed by atoms with Gasteiger partial charge in [-0.25, -0.2) is 0 Å². The first kappa shape index (κ1) is 13.3. The Hall–Kier alpha value is -1.64. The summed E-state index contributed by atoms with van der Waals surface area (Å²) in [7, 11) is 0. The maximum absolute atomic E-state index is 6.50. The molecule has 100 valence electrons. The summed E-state index contributed by atoms with van der Waals surface area (Å²) < 4.78 is 1.07. The second-order valence-corrected chi connectivity index (χ2v) is 5.93. The molecular weight excluding hydrogens is 310 g/mol. The maximum Gasteiger partial charge on any atom is 0.0568 e. The molecule has 3 aromatic carbocycles. The highest BCUT2D eigenvalue weighted by atomic mass is 79.9. The van der Waals surface area contributed by atoms with E-state index in [4.69, 9.17) is 5.73 Å². The molecule has 2 heteroatoms. The lowest BCUT2D eigenvalue weighted by atomic mass is 9.94. The third-order valence-electron chi connectivity index (χ3n) is 3.65. The highest BCUT2D eigenvalue weighted by Gasteiger charge is 2.14. The lowest BCUT2D eigenvalue weighted by Crippen LogP contribution is -2.13. The van der Waals surface area contributed by atoms with Crippen LogP contribution in [0.5, 0.6) is 0 Å². The third kappa shape index (κ3) is 2.37. The lowest BCUT2D eigenvalue weighted by Gasteiger charge is -2.17. The fourth-order valence-electron chi connectivity index (χ4n) is 2.57. The largest absolute Gasteiger partial charge is 0.320 e. The molecule has 20 heavy (non-hydrogen) atoms. The molecule has 1 atom stereocenters. The summed E-state index contributed by atoms with van der Waals surface area (Å²) in [6.07, 6.45) is 0. The molecule has 0 amide bonds. The minimum Gasteiger partial charge on any atom is -0.320 e. The Morgan fingerprint density at radius 3 is 2.45 bits per heavy atom. The van der Waals surface area contributed by atoms with E-state index in [9.17, 15) is 0 Å². The highest BCUT2D eigenvalue weighted by molar-refractivity contribution is 9.10. The Bertz CT molecular complexity index is 759. The minimum atomic E-state index is -0.129. The molecule has 0 fully saturated rings. The number of hydrogen-bond acceptors (Lipinski definition) is 1. The molecule has 1 nitrogen and oxygen atoms in total. The van der Waals surface area contributed by atoms with Crippen LogP contribution < -0.4 is 5.73 Å². The van der Waals surface area contributed by atoms with Crippen LogP contribution in [0.15, 0.2) is 65.1 Å². The summed E-state index contributed by atoms with van der Waals surface area (Å²) in [5.41, 5.74) is 10.0. The fraction of sp³-hybridized carbons (Fsp3) is 0.111. The van der Waals surface area contributed by atoms with Crippen LogP contribution in [0.3, 0.4) is 0 Å². The van der Waals surface area contributed by atoms with Crippen LogP contribution in [0.25, 0.3) is 10.8 Å². The Labute approximate surface area is 127 Å². The monoisotopic (exact) mass is 325 g/mol. The summed E-state index contributed by atoms with van der Waals surface area (Å²) in [5.74, 6) is 0. The van der Waals surface area contributed by atoms with Crippen LogP contribution in [-0.4, -0.2) is 0 Å². The Kier molecular flexibility index (Phi) is 3.60. The molecule has 0 aliphatic rings. The van der Waals surface area contributed by atoms with Gasteiger partial charge in [0.25, 0.3) is 0 Å². The molecule has 2 N–H and O–H groups in total. The molecular formula is C18H16BrN. The summed E-state index contributed by atoms with van der Waals surface area (Å²) in [6, 6.07) is 20.9. The van der Waals surface area contributed by atoms with Crippen molar-refractivity contribution in [1.82, 2.24) is 0 Å². The lowest BCUT2D eigenvalue weighted by molar-refractivity contribution is 0.874. The van der Waals surface area contributed by atoms with E-state index in [0.29, 0.717) is 0 Å². The van der Waals surface area contributed by atoms with E-state index in [-0.39, 0.29) is 6.04 Å². The number of halogens is 1. The van der Waals surface area contributed by atoms with Gasteiger partial charge in [-0.2, -0.15) is 0 Å².